The van der Waals surface area contributed by atoms with Crippen molar-refractivity contribution in [2.45, 2.75) is 13.0 Å². The molecule has 0 bridgehead atoms. The summed E-state index contributed by atoms with van der Waals surface area (Å²) >= 11 is 0. The fourth-order valence-corrected chi connectivity index (χ4v) is 4.38. The van der Waals surface area contributed by atoms with Crippen LogP contribution in [0.25, 0.3) is 10.9 Å². The van der Waals surface area contributed by atoms with E-state index in [1.807, 2.05) is 12.4 Å². The highest BCUT2D eigenvalue weighted by Gasteiger charge is 2.24. The Hall–Kier alpha value is -2.60. The Bertz CT molecular complexity index is 953. The highest BCUT2D eigenvalue weighted by atomic mass is 15.3. The van der Waals surface area contributed by atoms with Crippen molar-refractivity contribution in [1.82, 2.24) is 19.4 Å². The normalized spacial score (nSPS) is 18.1. The maximum atomic E-state index is 4.75. The average Bonchev–Trinajstić information content (AvgIpc) is 3.01. The van der Waals surface area contributed by atoms with Crippen LogP contribution in [0.15, 0.2) is 36.7 Å². The molecule has 0 N–H and O–H groups in total. The second-order valence-corrected chi connectivity index (χ2v) is 7.70. The first-order chi connectivity index (χ1) is 13.2. The molecule has 4 heterocycles. The summed E-state index contributed by atoms with van der Waals surface area (Å²) < 4.78 is 2.34. The zero-order valence-electron chi connectivity index (χ0n) is 16.1. The number of anilines is 2. The fraction of sp³-hybridized carbons (Fsp3) is 0.429. The third-order valence-corrected chi connectivity index (χ3v) is 6.09. The Morgan fingerprint density at radius 2 is 1.52 bits per heavy atom. The summed E-state index contributed by atoms with van der Waals surface area (Å²) in [6.45, 7) is 6.09. The molecule has 1 fully saturated rings. The first-order valence-electron chi connectivity index (χ1n) is 9.76. The van der Waals surface area contributed by atoms with E-state index in [9.17, 15) is 0 Å². The van der Waals surface area contributed by atoms with E-state index < -0.39 is 0 Å². The standard InChI is InChI=1S/C21H26N6/c1-24-9-11-26(12-10-24)20-13-23-21(14-22-20)27-8-7-17-16-5-3-4-6-18(16)25(2)19(17)15-27/h3-6,13-14H,7-12,15H2,1-2H3. The van der Waals surface area contributed by atoms with Crippen molar-refractivity contribution in [3.05, 3.63) is 47.9 Å². The fourth-order valence-electron chi connectivity index (χ4n) is 4.38. The first-order valence-corrected chi connectivity index (χ1v) is 9.76. The van der Waals surface area contributed by atoms with Crippen LogP contribution in [0.4, 0.5) is 11.6 Å². The zero-order valence-corrected chi connectivity index (χ0v) is 16.1. The van der Waals surface area contributed by atoms with E-state index in [2.05, 4.69) is 57.6 Å². The summed E-state index contributed by atoms with van der Waals surface area (Å²) in [5.41, 5.74) is 4.21. The van der Waals surface area contributed by atoms with Crippen molar-refractivity contribution < 1.29 is 0 Å². The zero-order chi connectivity index (χ0) is 18.4. The number of nitrogens with zero attached hydrogens (tertiary/aromatic N) is 6. The van der Waals surface area contributed by atoms with Crippen LogP contribution in [0, 0.1) is 0 Å². The highest BCUT2D eigenvalue weighted by molar-refractivity contribution is 5.86. The number of rotatable bonds is 2. The van der Waals surface area contributed by atoms with Crippen molar-refractivity contribution in [2.75, 3.05) is 49.6 Å². The molecule has 0 spiro atoms. The molecule has 5 rings (SSSR count). The molecule has 2 aliphatic rings. The molecule has 2 aliphatic heterocycles. The van der Waals surface area contributed by atoms with E-state index in [0.29, 0.717) is 0 Å². The van der Waals surface area contributed by atoms with Crippen molar-refractivity contribution >= 4 is 22.5 Å². The number of hydrogen-bond acceptors (Lipinski definition) is 5. The van der Waals surface area contributed by atoms with Gasteiger partial charge in [0.15, 0.2) is 0 Å². The number of aromatic nitrogens is 3. The van der Waals surface area contributed by atoms with Crippen LogP contribution in [0.2, 0.25) is 0 Å². The Kier molecular flexibility index (Phi) is 4.01. The van der Waals surface area contributed by atoms with Crippen molar-refractivity contribution in [1.29, 1.82) is 0 Å². The van der Waals surface area contributed by atoms with Gasteiger partial charge < -0.3 is 19.3 Å². The van der Waals surface area contributed by atoms with Gasteiger partial charge >= 0.3 is 0 Å². The predicted octanol–water partition coefficient (Wildman–Crippen LogP) is 2.28. The van der Waals surface area contributed by atoms with Crippen LogP contribution in [-0.4, -0.2) is 59.2 Å². The minimum atomic E-state index is 0.892. The van der Waals surface area contributed by atoms with Gasteiger partial charge in [0.1, 0.15) is 11.6 Å². The molecule has 6 nitrogen and oxygen atoms in total. The van der Waals surface area contributed by atoms with Crippen molar-refractivity contribution in [3.8, 4) is 0 Å². The largest absolute Gasteiger partial charge is 0.353 e. The van der Waals surface area contributed by atoms with E-state index in [1.54, 1.807) is 0 Å². The lowest BCUT2D eigenvalue weighted by Crippen LogP contribution is -2.44. The molecule has 140 valence electrons. The van der Waals surface area contributed by atoms with Gasteiger partial charge in [-0.1, -0.05) is 18.2 Å². The SMILES string of the molecule is CN1CCN(c2cnc(N3CCc4c(n(C)c5ccccc45)C3)cn2)CC1. The van der Waals surface area contributed by atoms with Gasteiger partial charge in [0, 0.05) is 56.4 Å². The Morgan fingerprint density at radius 3 is 2.26 bits per heavy atom. The number of benzene rings is 1. The Labute approximate surface area is 160 Å². The third kappa shape index (κ3) is 2.84. The van der Waals surface area contributed by atoms with Crippen LogP contribution >= 0.6 is 0 Å². The van der Waals surface area contributed by atoms with E-state index in [4.69, 9.17) is 9.97 Å². The van der Waals surface area contributed by atoms with Crippen molar-refractivity contribution in [3.63, 3.8) is 0 Å². The minimum absolute atomic E-state index is 0.892. The van der Waals surface area contributed by atoms with Gasteiger partial charge in [-0.15, -0.1) is 0 Å². The number of fused-ring (bicyclic) bond motifs is 3. The molecule has 27 heavy (non-hydrogen) atoms. The number of piperazine rings is 1. The molecule has 1 aromatic carbocycles. The van der Waals surface area contributed by atoms with Gasteiger partial charge in [0.05, 0.1) is 18.9 Å². The number of hydrogen-bond donors (Lipinski definition) is 0. The van der Waals surface area contributed by atoms with Gasteiger partial charge in [-0.2, -0.15) is 0 Å². The monoisotopic (exact) mass is 362 g/mol. The first kappa shape index (κ1) is 16.6. The summed E-state index contributed by atoms with van der Waals surface area (Å²) in [6.07, 6.45) is 4.94. The Balaban J connectivity index is 1.37. The van der Waals surface area contributed by atoms with Crippen LogP contribution in [0.1, 0.15) is 11.3 Å². The molecule has 0 saturated carbocycles. The molecule has 3 aromatic rings. The van der Waals surface area contributed by atoms with Crippen LogP contribution in [-0.2, 0) is 20.0 Å². The summed E-state index contributed by atoms with van der Waals surface area (Å²) in [5.74, 6) is 1.97. The molecular weight excluding hydrogens is 336 g/mol. The molecule has 0 amide bonds. The average molecular weight is 362 g/mol. The maximum Gasteiger partial charge on any atom is 0.147 e. The van der Waals surface area contributed by atoms with Gasteiger partial charge in [-0.05, 0) is 25.1 Å². The topological polar surface area (TPSA) is 40.4 Å². The van der Waals surface area contributed by atoms with Crippen LogP contribution in [0.5, 0.6) is 0 Å². The van der Waals surface area contributed by atoms with Gasteiger partial charge in [0.2, 0.25) is 0 Å². The second kappa shape index (κ2) is 6.53. The highest BCUT2D eigenvalue weighted by Crippen LogP contribution is 2.31. The molecular formula is C21H26N6. The third-order valence-electron chi connectivity index (χ3n) is 6.09. The molecule has 0 unspecified atom stereocenters. The number of para-hydroxylation sites is 1. The maximum absolute atomic E-state index is 4.75. The van der Waals surface area contributed by atoms with Crippen LogP contribution in [0.3, 0.4) is 0 Å². The smallest absolute Gasteiger partial charge is 0.147 e. The van der Waals surface area contributed by atoms with Crippen LogP contribution < -0.4 is 9.80 Å². The van der Waals surface area contributed by atoms with Gasteiger partial charge in [-0.25, -0.2) is 9.97 Å². The summed E-state index contributed by atoms with van der Waals surface area (Å²) in [6, 6.07) is 8.71. The summed E-state index contributed by atoms with van der Waals surface area (Å²) in [4.78, 5) is 16.5. The second-order valence-electron chi connectivity index (χ2n) is 7.70. The summed E-state index contributed by atoms with van der Waals surface area (Å²) in [5, 5.41) is 1.39. The van der Waals surface area contributed by atoms with E-state index in [1.165, 1.54) is 22.2 Å². The van der Waals surface area contributed by atoms with E-state index in [0.717, 1.165) is 57.3 Å². The van der Waals surface area contributed by atoms with Gasteiger partial charge in [-0.3, -0.25) is 0 Å². The van der Waals surface area contributed by atoms with E-state index >= 15 is 0 Å². The lowest BCUT2D eigenvalue weighted by Gasteiger charge is -2.33. The minimum Gasteiger partial charge on any atom is -0.353 e. The molecule has 0 radical (unpaired) electrons. The number of likely N-dealkylation sites (N-methyl/N-ethyl adjacent to an activating group) is 1. The predicted molar refractivity (Wildman–Crippen MR) is 109 cm³/mol. The lowest BCUT2D eigenvalue weighted by molar-refractivity contribution is 0.312. The Morgan fingerprint density at radius 1 is 0.815 bits per heavy atom. The summed E-state index contributed by atoms with van der Waals surface area (Å²) in [7, 11) is 4.34. The van der Waals surface area contributed by atoms with E-state index in [-0.39, 0.29) is 0 Å². The molecule has 6 heteroatoms. The quantitative estimate of drug-likeness (QED) is 0.700. The number of aryl methyl sites for hydroxylation is 1. The molecule has 0 aliphatic carbocycles. The van der Waals surface area contributed by atoms with Crippen molar-refractivity contribution in [2.24, 2.45) is 7.05 Å². The molecule has 1 saturated heterocycles. The van der Waals surface area contributed by atoms with Gasteiger partial charge in [0.25, 0.3) is 0 Å². The molecule has 0 atom stereocenters. The lowest BCUT2D eigenvalue weighted by atomic mass is 10.0. The molecule has 2 aromatic heterocycles.